The van der Waals surface area contributed by atoms with Crippen molar-refractivity contribution in [2.24, 2.45) is 5.92 Å². The van der Waals surface area contributed by atoms with Crippen molar-refractivity contribution < 1.29 is 9.59 Å². The van der Waals surface area contributed by atoms with Crippen molar-refractivity contribution in [3.8, 4) is 0 Å². The van der Waals surface area contributed by atoms with E-state index in [-0.39, 0.29) is 29.8 Å². The minimum absolute atomic E-state index is 0.132. The molecule has 0 aromatic rings. The van der Waals surface area contributed by atoms with Gasteiger partial charge >= 0.3 is 0 Å². The van der Waals surface area contributed by atoms with Crippen molar-refractivity contribution >= 4 is 11.8 Å². The van der Waals surface area contributed by atoms with Crippen molar-refractivity contribution in [2.45, 2.75) is 45.2 Å². The van der Waals surface area contributed by atoms with E-state index in [2.05, 4.69) is 6.58 Å². The first-order valence-corrected chi connectivity index (χ1v) is 6.79. The molecule has 0 spiro atoms. The minimum atomic E-state index is -0.285. The number of hydrogen-bond acceptors (Lipinski definition) is 2. The summed E-state index contributed by atoms with van der Waals surface area (Å²) in [5.74, 6) is 0.427. The van der Waals surface area contributed by atoms with Crippen molar-refractivity contribution in [1.82, 2.24) is 9.80 Å². The van der Waals surface area contributed by atoms with Gasteiger partial charge in [0.1, 0.15) is 12.1 Å². The molecule has 0 bridgehead atoms. The van der Waals surface area contributed by atoms with E-state index < -0.39 is 0 Å². The monoisotopic (exact) mass is 250 g/mol. The normalized spacial score (nSPS) is 27.9. The first kappa shape index (κ1) is 13.1. The van der Waals surface area contributed by atoms with Gasteiger partial charge < -0.3 is 9.80 Å². The lowest BCUT2D eigenvalue weighted by atomic mass is 9.95. The van der Waals surface area contributed by atoms with Gasteiger partial charge in [-0.05, 0) is 25.2 Å². The third-order valence-electron chi connectivity index (χ3n) is 3.90. The maximum atomic E-state index is 12.5. The molecule has 2 amide bonds. The summed E-state index contributed by atoms with van der Waals surface area (Å²) in [4.78, 5) is 28.5. The van der Waals surface area contributed by atoms with E-state index in [1.165, 1.54) is 0 Å². The smallest absolute Gasteiger partial charge is 0.246 e. The number of fused-ring (bicyclic) bond motifs is 1. The number of piperazine rings is 1. The predicted molar refractivity (Wildman–Crippen MR) is 69.9 cm³/mol. The Morgan fingerprint density at radius 3 is 2.72 bits per heavy atom. The van der Waals surface area contributed by atoms with E-state index in [4.69, 9.17) is 0 Å². The first-order chi connectivity index (χ1) is 8.57. The molecule has 100 valence electrons. The molecule has 2 fully saturated rings. The molecule has 0 N–H and O–H groups in total. The quantitative estimate of drug-likeness (QED) is 0.708. The zero-order chi connectivity index (χ0) is 13.3. The molecule has 4 nitrogen and oxygen atoms in total. The average Bonchev–Trinajstić information content (AvgIpc) is 2.80. The topological polar surface area (TPSA) is 40.6 Å². The summed E-state index contributed by atoms with van der Waals surface area (Å²) < 4.78 is 0. The van der Waals surface area contributed by atoms with Gasteiger partial charge in [-0.2, -0.15) is 0 Å². The highest BCUT2D eigenvalue weighted by Crippen LogP contribution is 2.29. The summed E-state index contributed by atoms with van der Waals surface area (Å²) >= 11 is 0. The lowest BCUT2D eigenvalue weighted by molar-refractivity contribution is -0.161. The van der Waals surface area contributed by atoms with Crippen LogP contribution >= 0.6 is 0 Å². The summed E-state index contributed by atoms with van der Waals surface area (Å²) in [6.07, 6.45) is 4.31. The largest absolute Gasteiger partial charge is 0.329 e. The molecular formula is C14H22N2O2. The lowest BCUT2D eigenvalue weighted by Crippen LogP contribution is -2.64. The number of carbonyl (C=O) groups is 2. The van der Waals surface area contributed by atoms with Crippen LogP contribution in [0.4, 0.5) is 0 Å². The molecule has 2 aliphatic rings. The fourth-order valence-electron chi connectivity index (χ4n) is 3.04. The van der Waals surface area contributed by atoms with Crippen molar-refractivity contribution in [1.29, 1.82) is 0 Å². The summed E-state index contributed by atoms with van der Waals surface area (Å²) in [6, 6.07) is -0.482. The Labute approximate surface area is 109 Å². The fourth-order valence-corrected chi connectivity index (χ4v) is 3.04. The van der Waals surface area contributed by atoms with Gasteiger partial charge in [0.2, 0.25) is 11.8 Å². The lowest BCUT2D eigenvalue weighted by Gasteiger charge is -2.44. The predicted octanol–water partition coefficient (Wildman–Crippen LogP) is 1.42. The Balaban J connectivity index is 2.25. The number of carbonyl (C=O) groups excluding carboxylic acids is 2. The van der Waals surface area contributed by atoms with Crippen LogP contribution in [-0.4, -0.2) is 46.8 Å². The zero-order valence-corrected chi connectivity index (χ0v) is 11.3. The molecule has 18 heavy (non-hydrogen) atoms. The summed E-state index contributed by atoms with van der Waals surface area (Å²) in [6.45, 7) is 9.06. The Kier molecular flexibility index (Phi) is 3.73. The fraction of sp³-hybridized carbons (Fsp3) is 0.714. The molecule has 0 aromatic carbocycles. The van der Waals surface area contributed by atoms with Gasteiger partial charge in [0.25, 0.3) is 0 Å². The molecule has 2 saturated heterocycles. The third kappa shape index (κ3) is 2.04. The molecule has 0 aromatic heterocycles. The van der Waals surface area contributed by atoms with E-state index in [9.17, 15) is 9.59 Å². The molecule has 2 heterocycles. The summed E-state index contributed by atoms with van der Waals surface area (Å²) in [7, 11) is 0. The number of hydrogen-bond donors (Lipinski definition) is 0. The molecule has 4 heteroatoms. The number of rotatable bonds is 4. The van der Waals surface area contributed by atoms with Crippen LogP contribution < -0.4 is 0 Å². The van der Waals surface area contributed by atoms with Gasteiger partial charge in [0.05, 0.1) is 0 Å². The van der Waals surface area contributed by atoms with Crippen LogP contribution in [-0.2, 0) is 9.59 Å². The van der Waals surface area contributed by atoms with Gasteiger partial charge in [-0.3, -0.25) is 9.59 Å². The van der Waals surface area contributed by atoms with Gasteiger partial charge in [-0.25, -0.2) is 0 Å². The highest BCUT2D eigenvalue weighted by Gasteiger charge is 2.48. The van der Waals surface area contributed by atoms with Crippen LogP contribution in [0.25, 0.3) is 0 Å². The molecule has 0 aliphatic carbocycles. The Morgan fingerprint density at radius 1 is 1.39 bits per heavy atom. The van der Waals surface area contributed by atoms with Crippen LogP contribution in [0.15, 0.2) is 12.7 Å². The summed E-state index contributed by atoms with van der Waals surface area (Å²) in [5, 5.41) is 0. The minimum Gasteiger partial charge on any atom is -0.329 e. The van der Waals surface area contributed by atoms with E-state index in [1.807, 2.05) is 13.8 Å². The van der Waals surface area contributed by atoms with Gasteiger partial charge in [-0.15, -0.1) is 6.58 Å². The maximum absolute atomic E-state index is 12.5. The Hall–Kier alpha value is -1.32. The van der Waals surface area contributed by atoms with Crippen LogP contribution in [0.2, 0.25) is 0 Å². The highest BCUT2D eigenvalue weighted by atomic mass is 16.2. The van der Waals surface area contributed by atoms with Crippen LogP contribution in [0.5, 0.6) is 0 Å². The van der Waals surface area contributed by atoms with E-state index in [0.717, 1.165) is 25.8 Å². The molecule has 2 unspecified atom stereocenters. The summed E-state index contributed by atoms with van der Waals surface area (Å²) in [5.41, 5.74) is 0. The van der Waals surface area contributed by atoms with Gasteiger partial charge in [0.15, 0.2) is 0 Å². The zero-order valence-electron chi connectivity index (χ0n) is 11.3. The Morgan fingerprint density at radius 2 is 2.11 bits per heavy atom. The van der Waals surface area contributed by atoms with Crippen LogP contribution in [0.3, 0.4) is 0 Å². The van der Waals surface area contributed by atoms with Gasteiger partial charge in [-0.1, -0.05) is 19.9 Å². The molecule has 2 rings (SSSR count). The Bertz CT molecular complexity index is 365. The third-order valence-corrected chi connectivity index (χ3v) is 3.90. The molecule has 0 saturated carbocycles. The second-order valence-electron chi connectivity index (χ2n) is 5.49. The average molecular weight is 250 g/mol. The van der Waals surface area contributed by atoms with E-state index in [1.54, 1.807) is 15.9 Å². The van der Waals surface area contributed by atoms with Crippen molar-refractivity contribution in [3.05, 3.63) is 12.7 Å². The number of nitrogens with zero attached hydrogens (tertiary/aromatic N) is 2. The van der Waals surface area contributed by atoms with Crippen molar-refractivity contribution in [3.63, 3.8) is 0 Å². The SMILES string of the molecule is C=CCCN1C(=O)C2CCCN2C(=O)C1C(C)C. The van der Waals surface area contributed by atoms with Crippen LogP contribution in [0.1, 0.15) is 33.1 Å². The van der Waals surface area contributed by atoms with E-state index in [0.29, 0.717) is 6.54 Å². The second-order valence-corrected chi connectivity index (χ2v) is 5.49. The molecule has 2 aliphatic heterocycles. The highest BCUT2D eigenvalue weighted by molar-refractivity contribution is 5.97. The molecule has 0 radical (unpaired) electrons. The molecule has 2 atom stereocenters. The van der Waals surface area contributed by atoms with Gasteiger partial charge in [0, 0.05) is 13.1 Å². The maximum Gasteiger partial charge on any atom is 0.246 e. The first-order valence-electron chi connectivity index (χ1n) is 6.79. The number of amides is 2. The standard InChI is InChI=1S/C14H22N2O2/c1-4-5-8-16-12(10(2)3)14(18)15-9-6-7-11(15)13(16)17/h4,10-12H,1,5-9H2,2-3H3. The molecular weight excluding hydrogens is 228 g/mol. The van der Waals surface area contributed by atoms with E-state index >= 15 is 0 Å². The second kappa shape index (κ2) is 5.12. The van der Waals surface area contributed by atoms with Crippen LogP contribution in [0, 0.1) is 5.92 Å². The van der Waals surface area contributed by atoms with Crippen molar-refractivity contribution in [2.75, 3.05) is 13.1 Å².